The molecular weight excluding hydrogens is 356 g/mol. The second-order valence-electron chi connectivity index (χ2n) is 6.14. The number of anilines is 1. The molecule has 9 nitrogen and oxygen atoms in total. The predicted molar refractivity (Wildman–Crippen MR) is 97.9 cm³/mol. The summed E-state index contributed by atoms with van der Waals surface area (Å²) in [7, 11) is 0. The number of nitrogens with zero attached hydrogens (tertiary/aromatic N) is 5. The molecule has 0 aromatic carbocycles. The molecule has 3 rings (SSSR count). The van der Waals surface area contributed by atoms with Gasteiger partial charge in [0.25, 0.3) is 5.24 Å². The molecule has 1 aromatic heterocycles. The summed E-state index contributed by atoms with van der Waals surface area (Å²) in [6.45, 7) is 5.37. The van der Waals surface area contributed by atoms with Crippen molar-refractivity contribution in [3.8, 4) is 0 Å². The van der Waals surface area contributed by atoms with Gasteiger partial charge in [0.05, 0.1) is 11.8 Å². The maximum atomic E-state index is 12.3. The van der Waals surface area contributed by atoms with Gasteiger partial charge in [-0.2, -0.15) is 0 Å². The van der Waals surface area contributed by atoms with Crippen LogP contribution in [-0.2, 0) is 9.59 Å². The summed E-state index contributed by atoms with van der Waals surface area (Å²) in [5.41, 5.74) is 0. The normalized spacial score (nSPS) is 19.7. The number of aromatic nitrogens is 2. The van der Waals surface area contributed by atoms with Crippen molar-refractivity contribution in [3.05, 3.63) is 18.5 Å². The van der Waals surface area contributed by atoms with Crippen molar-refractivity contribution in [2.45, 2.75) is 13.0 Å². The van der Waals surface area contributed by atoms with Crippen LogP contribution in [0.4, 0.5) is 10.7 Å². The number of imide groups is 1. The number of carbonyl (C=O) groups excluding carboxylic acids is 3. The molecular formula is C16H22N6O3S. The van der Waals surface area contributed by atoms with Gasteiger partial charge in [0.2, 0.25) is 17.8 Å². The highest BCUT2D eigenvalue weighted by Gasteiger charge is 2.30. The van der Waals surface area contributed by atoms with E-state index in [1.54, 1.807) is 18.5 Å². The van der Waals surface area contributed by atoms with Gasteiger partial charge < -0.3 is 10.2 Å². The molecule has 0 bridgehead atoms. The highest BCUT2D eigenvalue weighted by atomic mass is 32.2. The Hall–Kier alpha value is -2.20. The first-order valence-electron chi connectivity index (χ1n) is 8.57. The molecule has 10 heteroatoms. The molecule has 0 spiro atoms. The van der Waals surface area contributed by atoms with Gasteiger partial charge in [0.15, 0.2) is 0 Å². The van der Waals surface area contributed by atoms with Gasteiger partial charge >= 0.3 is 0 Å². The van der Waals surface area contributed by atoms with Crippen molar-refractivity contribution in [3.63, 3.8) is 0 Å². The maximum Gasteiger partial charge on any atom is 0.288 e. The minimum absolute atomic E-state index is 0.0961. The lowest BCUT2D eigenvalue weighted by Gasteiger charge is -2.37. The molecule has 1 aromatic rings. The molecule has 3 amide bonds. The number of thioether (sulfide) groups is 1. The Kier molecular flexibility index (Phi) is 6.04. The van der Waals surface area contributed by atoms with Crippen molar-refractivity contribution < 1.29 is 14.4 Å². The third-order valence-corrected chi connectivity index (χ3v) is 5.41. The molecule has 140 valence electrons. The highest BCUT2D eigenvalue weighted by Crippen LogP contribution is 2.17. The van der Waals surface area contributed by atoms with E-state index in [4.69, 9.17) is 0 Å². The smallest absolute Gasteiger partial charge is 0.288 e. The molecule has 0 aliphatic carbocycles. The molecule has 3 heterocycles. The van der Waals surface area contributed by atoms with Crippen LogP contribution in [0.3, 0.4) is 0 Å². The molecule has 0 saturated carbocycles. The molecule has 2 aliphatic rings. The molecule has 1 atom stereocenters. The predicted octanol–water partition coefficient (Wildman–Crippen LogP) is -0.201. The van der Waals surface area contributed by atoms with Gasteiger partial charge in [-0.3, -0.25) is 24.2 Å². The summed E-state index contributed by atoms with van der Waals surface area (Å²) in [5.74, 6) is 0.614. The summed E-state index contributed by atoms with van der Waals surface area (Å²) in [5, 5.41) is 2.58. The lowest BCUT2D eigenvalue weighted by atomic mass is 10.2. The number of carbonyl (C=O) groups is 3. The van der Waals surface area contributed by atoms with Crippen LogP contribution in [-0.4, -0.2) is 87.9 Å². The van der Waals surface area contributed by atoms with Crippen LogP contribution >= 0.6 is 11.8 Å². The average molecular weight is 378 g/mol. The zero-order valence-corrected chi connectivity index (χ0v) is 15.4. The Bertz CT molecular complexity index is 649. The summed E-state index contributed by atoms with van der Waals surface area (Å²) >= 11 is 1.00. The molecule has 26 heavy (non-hydrogen) atoms. The van der Waals surface area contributed by atoms with Crippen LogP contribution in [0.1, 0.15) is 6.92 Å². The SMILES string of the molecule is C[C@@H](C(=O)NCCN1C(=O)CSC1=O)N1CCN(c2ncccn2)CC1. The summed E-state index contributed by atoms with van der Waals surface area (Å²) in [6, 6.07) is 1.52. The highest BCUT2D eigenvalue weighted by molar-refractivity contribution is 8.14. The second kappa shape index (κ2) is 8.45. The minimum atomic E-state index is -0.270. The zero-order chi connectivity index (χ0) is 18.5. The van der Waals surface area contributed by atoms with E-state index in [-0.39, 0.29) is 41.9 Å². The topological polar surface area (TPSA) is 98.7 Å². The summed E-state index contributed by atoms with van der Waals surface area (Å²) in [6.07, 6.45) is 3.44. The molecule has 2 fully saturated rings. The number of amides is 3. The van der Waals surface area contributed by atoms with E-state index in [1.165, 1.54) is 4.90 Å². The molecule has 0 radical (unpaired) electrons. The van der Waals surface area contributed by atoms with Crippen LogP contribution < -0.4 is 10.2 Å². The first-order valence-corrected chi connectivity index (χ1v) is 9.55. The monoisotopic (exact) mass is 378 g/mol. The number of hydrogen-bond donors (Lipinski definition) is 1. The fourth-order valence-electron chi connectivity index (χ4n) is 2.97. The maximum absolute atomic E-state index is 12.3. The fraction of sp³-hybridized carbons (Fsp3) is 0.562. The number of nitrogens with one attached hydrogen (secondary N) is 1. The van der Waals surface area contributed by atoms with Gasteiger partial charge in [-0.05, 0) is 13.0 Å². The molecule has 2 saturated heterocycles. The Morgan fingerprint density at radius 3 is 2.54 bits per heavy atom. The minimum Gasteiger partial charge on any atom is -0.353 e. The van der Waals surface area contributed by atoms with Gasteiger partial charge in [-0.1, -0.05) is 11.8 Å². The number of rotatable bonds is 6. The number of piperazine rings is 1. The largest absolute Gasteiger partial charge is 0.353 e. The van der Waals surface area contributed by atoms with E-state index < -0.39 is 0 Å². The van der Waals surface area contributed by atoms with Crippen molar-refractivity contribution in [2.75, 3.05) is 49.9 Å². The fourth-order valence-corrected chi connectivity index (χ4v) is 3.72. The van der Waals surface area contributed by atoms with Gasteiger partial charge in [0.1, 0.15) is 0 Å². The van der Waals surface area contributed by atoms with Gasteiger partial charge in [-0.25, -0.2) is 9.97 Å². The Morgan fingerprint density at radius 1 is 1.23 bits per heavy atom. The van der Waals surface area contributed by atoms with Crippen LogP contribution in [0.15, 0.2) is 18.5 Å². The van der Waals surface area contributed by atoms with Gasteiger partial charge in [0, 0.05) is 51.7 Å². The third-order valence-electron chi connectivity index (χ3n) is 4.55. The van der Waals surface area contributed by atoms with E-state index in [2.05, 4.69) is 25.1 Å². The Morgan fingerprint density at radius 2 is 1.92 bits per heavy atom. The lowest BCUT2D eigenvalue weighted by Crippen LogP contribution is -2.54. The third kappa shape index (κ3) is 4.31. The quantitative estimate of drug-likeness (QED) is 0.727. The summed E-state index contributed by atoms with van der Waals surface area (Å²) in [4.78, 5) is 49.3. The van der Waals surface area contributed by atoms with E-state index in [0.717, 1.165) is 37.9 Å². The van der Waals surface area contributed by atoms with E-state index in [0.29, 0.717) is 5.95 Å². The average Bonchev–Trinajstić information content (AvgIpc) is 3.00. The van der Waals surface area contributed by atoms with Gasteiger partial charge in [-0.15, -0.1) is 0 Å². The lowest BCUT2D eigenvalue weighted by molar-refractivity contribution is -0.127. The molecule has 2 aliphatic heterocycles. The standard InChI is InChI=1S/C16H22N6O3S/c1-12(14(24)17-5-6-22-13(23)11-26-16(22)25)20-7-9-21(10-8-20)15-18-3-2-4-19-15/h2-4,12H,5-11H2,1H3,(H,17,24)/t12-/m0/s1. The van der Waals surface area contributed by atoms with Crippen molar-refractivity contribution in [1.29, 1.82) is 0 Å². The van der Waals surface area contributed by atoms with Crippen molar-refractivity contribution in [2.24, 2.45) is 0 Å². The number of hydrogen-bond acceptors (Lipinski definition) is 8. The molecule has 0 unspecified atom stereocenters. The van der Waals surface area contributed by atoms with E-state index >= 15 is 0 Å². The van der Waals surface area contributed by atoms with Crippen LogP contribution in [0.25, 0.3) is 0 Å². The van der Waals surface area contributed by atoms with E-state index in [9.17, 15) is 14.4 Å². The summed E-state index contributed by atoms with van der Waals surface area (Å²) < 4.78 is 0. The first-order chi connectivity index (χ1) is 12.6. The second-order valence-corrected chi connectivity index (χ2v) is 7.07. The Balaban J connectivity index is 1.41. The molecule has 1 N–H and O–H groups in total. The van der Waals surface area contributed by atoms with E-state index in [1.807, 2.05) is 6.92 Å². The first kappa shape index (κ1) is 18.6. The van der Waals surface area contributed by atoms with Crippen LogP contribution in [0.2, 0.25) is 0 Å². The van der Waals surface area contributed by atoms with Crippen molar-refractivity contribution >= 4 is 34.8 Å². The Labute approximate surface area is 156 Å². The van der Waals surface area contributed by atoms with Crippen LogP contribution in [0.5, 0.6) is 0 Å². The van der Waals surface area contributed by atoms with Crippen LogP contribution in [0, 0.1) is 0 Å². The van der Waals surface area contributed by atoms with Crippen molar-refractivity contribution in [1.82, 2.24) is 25.1 Å². The zero-order valence-electron chi connectivity index (χ0n) is 14.6.